The van der Waals surface area contributed by atoms with Gasteiger partial charge >= 0.3 is 0 Å². The molecule has 2 N–H and O–H groups in total. The highest BCUT2D eigenvalue weighted by Crippen LogP contribution is 2.32. The van der Waals surface area contributed by atoms with Gasteiger partial charge in [0.1, 0.15) is 6.04 Å². The molecule has 2 rings (SSSR count). The van der Waals surface area contributed by atoms with Crippen molar-refractivity contribution >= 4 is 5.91 Å². The Morgan fingerprint density at radius 3 is 2.50 bits per heavy atom. The predicted octanol–water partition coefficient (Wildman–Crippen LogP) is 0.831. The molecule has 1 aliphatic carbocycles. The van der Waals surface area contributed by atoms with E-state index in [1.807, 2.05) is 0 Å². The van der Waals surface area contributed by atoms with Crippen LogP contribution in [0.4, 0.5) is 0 Å². The lowest BCUT2D eigenvalue weighted by Crippen LogP contribution is -2.61. The number of carbonyl (C=O) groups excluding carboxylic acids is 1. The Hall–Kier alpha value is -0.610. The Morgan fingerprint density at radius 1 is 1.22 bits per heavy atom. The highest BCUT2D eigenvalue weighted by molar-refractivity contribution is 5.81. The van der Waals surface area contributed by atoms with Crippen molar-refractivity contribution in [2.45, 2.75) is 45.2 Å². The van der Waals surface area contributed by atoms with Crippen molar-refractivity contribution in [2.24, 2.45) is 11.8 Å². The van der Waals surface area contributed by atoms with E-state index in [1.54, 1.807) is 7.05 Å². The van der Waals surface area contributed by atoms with E-state index in [9.17, 15) is 4.79 Å². The third kappa shape index (κ3) is 3.04. The van der Waals surface area contributed by atoms with Gasteiger partial charge in [0.15, 0.2) is 0 Å². The minimum atomic E-state index is 0.0197. The van der Waals surface area contributed by atoms with Crippen LogP contribution in [0.3, 0.4) is 0 Å². The first-order valence-corrected chi connectivity index (χ1v) is 7.29. The SMILES string of the molecule is CNC(=O)C1CNCCN1C1CC(C)CC(C)C1. The van der Waals surface area contributed by atoms with Gasteiger partial charge in [-0.3, -0.25) is 9.69 Å². The Morgan fingerprint density at radius 2 is 1.89 bits per heavy atom. The molecule has 2 aliphatic rings. The van der Waals surface area contributed by atoms with E-state index in [0.717, 1.165) is 31.5 Å². The fourth-order valence-electron chi connectivity index (χ4n) is 3.74. The molecule has 3 atom stereocenters. The highest BCUT2D eigenvalue weighted by Gasteiger charge is 2.36. The van der Waals surface area contributed by atoms with Crippen LogP contribution in [-0.4, -0.2) is 49.6 Å². The van der Waals surface area contributed by atoms with Crippen LogP contribution in [0.2, 0.25) is 0 Å². The lowest BCUT2D eigenvalue weighted by Gasteiger charge is -2.44. The molecule has 2 fully saturated rings. The van der Waals surface area contributed by atoms with Gasteiger partial charge in [0.25, 0.3) is 0 Å². The Balaban J connectivity index is 2.05. The normalized spacial score (nSPS) is 38.4. The Bertz CT molecular complexity index is 285. The maximum absolute atomic E-state index is 12.0. The van der Waals surface area contributed by atoms with Crippen molar-refractivity contribution in [3.05, 3.63) is 0 Å². The third-order valence-corrected chi connectivity index (χ3v) is 4.46. The highest BCUT2D eigenvalue weighted by atomic mass is 16.2. The van der Waals surface area contributed by atoms with Crippen molar-refractivity contribution in [1.82, 2.24) is 15.5 Å². The quantitative estimate of drug-likeness (QED) is 0.766. The van der Waals surface area contributed by atoms with E-state index in [-0.39, 0.29) is 11.9 Å². The smallest absolute Gasteiger partial charge is 0.238 e. The molecule has 18 heavy (non-hydrogen) atoms. The molecule has 0 aromatic rings. The summed E-state index contributed by atoms with van der Waals surface area (Å²) < 4.78 is 0. The molecular formula is C14H27N3O. The van der Waals surface area contributed by atoms with E-state index in [1.165, 1.54) is 19.3 Å². The minimum absolute atomic E-state index is 0.0197. The molecule has 4 nitrogen and oxygen atoms in total. The number of piperazine rings is 1. The van der Waals surface area contributed by atoms with Crippen LogP contribution in [0.25, 0.3) is 0 Å². The molecule has 1 aliphatic heterocycles. The Labute approximate surface area is 110 Å². The summed E-state index contributed by atoms with van der Waals surface area (Å²) in [5.41, 5.74) is 0. The number of rotatable bonds is 2. The van der Waals surface area contributed by atoms with Gasteiger partial charge in [-0.2, -0.15) is 0 Å². The van der Waals surface area contributed by atoms with E-state index in [2.05, 4.69) is 29.4 Å². The van der Waals surface area contributed by atoms with Gasteiger partial charge in [-0.15, -0.1) is 0 Å². The van der Waals surface area contributed by atoms with Gasteiger partial charge in [0.2, 0.25) is 5.91 Å². The van der Waals surface area contributed by atoms with Crippen LogP contribution in [0.5, 0.6) is 0 Å². The molecule has 104 valence electrons. The summed E-state index contributed by atoms with van der Waals surface area (Å²) in [5.74, 6) is 1.74. The van der Waals surface area contributed by atoms with Crippen molar-refractivity contribution in [1.29, 1.82) is 0 Å². The van der Waals surface area contributed by atoms with Gasteiger partial charge < -0.3 is 10.6 Å². The molecule has 1 heterocycles. The second kappa shape index (κ2) is 6.02. The second-order valence-electron chi connectivity index (χ2n) is 6.14. The zero-order chi connectivity index (χ0) is 13.1. The molecule has 3 unspecified atom stereocenters. The zero-order valence-electron chi connectivity index (χ0n) is 11.9. The molecule has 0 aromatic carbocycles. The maximum Gasteiger partial charge on any atom is 0.238 e. The lowest BCUT2D eigenvalue weighted by atomic mass is 9.79. The molecule has 1 amide bonds. The van der Waals surface area contributed by atoms with Gasteiger partial charge in [-0.25, -0.2) is 0 Å². The predicted molar refractivity (Wildman–Crippen MR) is 73.4 cm³/mol. The number of nitrogens with zero attached hydrogens (tertiary/aromatic N) is 1. The zero-order valence-corrected chi connectivity index (χ0v) is 11.9. The van der Waals surface area contributed by atoms with Crippen molar-refractivity contribution in [3.8, 4) is 0 Å². The summed E-state index contributed by atoms with van der Waals surface area (Å²) in [6.07, 6.45) is 3.84. The molecule has 0 radical (unpaired) electrons. The molecule has 1 saturated carbocycles. The molecular weight excluding hydrogens is 226 g/mol. The number of likely N-dealkylation sites (N-methyl/N-ethyl adjacent to an activating group) is 1. The second-order valence-corrected chi connectivity index (χ2v) is 6.14. The topological polar surface area (TPSA) is 44.4 Å². The van der Waals surface area contributed by atoms with E-state index < -0.39 is 0 Å². The molecule has 1 saturated heterocycles. The maximum atomic E-state index is 12.0. The first-order chi connectivity index (χ1) is 8.61. The Kier molecular flexibility index (Phi) is 4.62. The van der Waals surface area contributed by atoms with Crippen LogP contribution in [0.15, 0.2) is 0 Å². The van der Waals surface area contributed by atoms with Crippen molar-refractivity contribution < 1.29 is 4.79 Å². The standard InChI is InChI=1S/C14H27N3O/c1-10-6-11(2)8-12(7-10)17-5-4-16-9-13(17)14(18)15-3/h10-13,16H,4-9H2,1-3H3,(H,15,18). The van der Waals surface area contributed by atoms with Crippen LogP contribution in [0, 0.1) is 11.8 Å². The number of nitrogens with one attached hydrogen (secondary N) is 2. The number of hydrogen-bond donors (Lipinski definition) is 2. The van der Waals surface area contributed by atoms with Gasteiger partial charge in [-0.05, 0) is 31.1 Å². The first-order valence-electron chi connectivity index (χ1n) is 7.29. The van der Waals surface area contributed by atoms with Crippen LogP contribution < -0.4 is 10.6 Å². The summed E-state index contributed by atoms with van der Waals surface area (Å²) in [4.78, 5) is 14.4. The largest absolute Gasteiger partial charge is 0.358 e. The lowest BCUT2D eigenvalue weighted by molar-refractivity contribution is -0.128. The fourth-order valence-corrected chi connectivity index (χ4v) is 3.74. The summed E-state index contributed by atoms with van der Waals surface area (Å²) in [6.45, 7) is 7.49. The van der Waals surface area contributed by atoms with Crippen molar-refractivity contribution in [3.63, 3.8) is 0 Å². The van der Waals surface area contributed by atoms with E-state index in [0.29, 0.717) is 6.04 Å². The van der Waals surface area contributed by atoms with Gasteiger partial charge in [-0.1, -0.05) is 13.8 Å². The monoisotopic (exact) mass is 253 g/mol. The summed E-state index contributed by atoms with van der Waals surface area (Å²) in [7, 11) is 1.74. The molecule has 0 bridgehead atoms. The average Bonchev–Trinajstić information content (AvgIpc) is 2.36. The van der Waals surface area contributed by atoms with Crippen LogP contribution in [0.1, 0.15) is 33.1 Å². The molecule has 0 aromatic heterocycles. The first kappa shape index (κ1) is 13.8. The van der Waals surface area contributed by atoms with Crippen LogP contribution in [-0.2, 0) is 4.79 Å². The average molecular weight is 253 g/mol. The van der Waals surface area contributed by atoms with E-state index in [4.69, 9.17) is 0 Å². The summed E-state index contributed by atoms with van der Waals surface area (Å²) in [6, 6.07) is 0.611. The molecule has 0 spiro atoms. The third-order valence-electron chi connectivity index (χ3n) is 4.46. The van der Waals surface area contributed by atoms with Crippen molar-refractivity contribution in [2.75, 3.05) is 26.7 Å². The van der Waals surface area contributed by atoms with E-state index >= 15 is 0 Å². The number of carbonyl (C=O) groups is 1. The van der Waals surface area contributed by atoms with Crippen LogP contribution >= 0.6 is 0 Å². The minimum Gasteiger partial charge on any atom is -0.358 e. The molecule has 4 heteroatoms. The van der Waals surface area contributed by atoms with Gasteiger partial charge in [0, 0.05) is 32.7 Å². The number of amides is 1. The summed E-state index contributed by atoms with van der Waals surface area (Å²) >= 11 is 0. The fraction of sp³-hybridized carbons (Fsp3) is 0.929. The number of hydrogen-bond acceptors (Lipinski definition) is 3. The summed E-state index contributed by atoms with van der Waals surface area (Å²) in [5, 5.41) is 6.14. The van der Waals surface area contributed by atoms with Gasteiger partial charge in [0.05, 0.1) is 0 Å².